The van der Waals surface area contributed by atoms with Crippen molar-refractivity contribution in [1.29, 1.82) is 0 Å². The third-order valence-corrected chi connectivity index (χ3v) is 2.46. The first-order valence-electron chi connectivity index (χ1n) is 5.54. The van der Waals surface area contributed by atoms with Crippen molar-refractivity contribution in [1.82, 2.24) is 4.90 Å². The van der Waals surface area contributed by atoms with Gasteiger partial charge >= 0.3 is 0 Å². The standard InChI is InChI=1S/C11H20N2O3/c1-11(2,3)16-8-10(14)13-6-4-9(12-15)5-7-13/h15H,4-8H2,1-3H3. The average molecular weight is 228 g/mol. The van der Waals surface area contributed by atoms with Crippen molar-refractivity contribution in [2.24, 2.45) is 5.16 Å². The molecule has 0 aromatic heterocycles. The lowest BCUT2D eigenvalue weighted by molar-refractivity contribution is -0.141. The van der Waals surface area contributed by atoms with Crippen LogP contribution in [0.15, 0.2) is 5.16 Å². The van der Waals surface area contributed by atoms with Crippen LogP contribution in [-0.2, 0) is 9.53 Å². The number of hydrogen-bond acceptors (Lipinski definition) is 4. The molecule has 0 unspecified atom stereocenters. The van der Waals surface area contributed by atoms with Crippen molar-refractivity contribution in [3.05, 3.63) is 0 Å². The van der Waals surface area contributed by atoms with Gasteiger partial charge in [-0.05, 0) is 20.8 Å². The highest BCUT2D eigenvalue weighted by Crippen LogP contribution is 2.10. The number of nitrogens with zero attached hydrogens (tertiary/aromatic N) is 2. The summed E-state index contributed by atoms with van der Waals surface area (Å²) in [6.07, 6.45) is 1.30. The molecule has 92 valence electrons. The maximum atomic E-state index is 11.7. The second-order valence-corrected chi connectivity index (χ2v) is 4.95. The Morgan fingerprint density at radius 1 is 1.44 bits per heavy atom. The maximum Gasteiger partial charge on any atom is 0.248 e. The molecule has 5 nitrogen and oxygen atoms in total. The molecule has 1 aliphatic heterocycles. The Bertz CT molecular complexity index is 271. The SMILES string of the molecule is CC(C)(C)OCC(=O)N1CCC(=NO)CC1. The van der Waals surface area contributed by atoms with Crippen LogP contribution in [0, 0.1) is 0 Å². The molecular formula is C11H20N2O3. The van der Waals surface area contributed by atoms with Gasteiger partial charge in [0.05, 0.1) is 11.3 Å². The van der Waals surface area contributed by atoms with Crippen LogP contribution in [0.2, 0.25) is 0 Å². The highest BCUT2D eigenvalue weighted by Gasteiger charge is 2.21. The normalized spacial score (nSPS) is 17.4. The summed E-state index contributed by atoms with van der Waals surface area (Å²) in [5.74, 6) is 0.00640. The van der Waals surface area contributed by atoms with Crippen molar-refractivity contribution in [3.8, 4) is 0 Å². The van der Waals surface area contributed by atoms with E-state index in [1.807, 2.05) is 20.8 Å². The topological polar surface area (TPSA) is 62.1 Å². The molecule has 1 heterocycles. The van der Waals surface area contributed by atoms with Gasteiger partial charge in [-0.25, -0.2) is 0 Å². The van der Waals surface area contributed by atoms with Crippen molar-refractivity contribution >= 4 is 11.6 Å². The van der Waals surface area contributed by atoms with Gasteiger partial charge in [-0.2, -0.15) is 0 Å². The molecule has 16 heavy (non-hydrogen) atoms. The monoisotopic (exact) mass is 228 g/mol. The average Bonchev–Trinajstić information content (AvgIpc) is 2.25. The zero-order valence-electron chi connectivity index (χ0n) is 10.2. The van der Waals surface area contributed by atoms with Crippen molar-refractivity contribution < 1.29 is 14.7 Å². The number of ether oxygens (including phenoxy) is 1. The van der Waals surface area contributed by atoms with Crippen molar-refractivity contribution in [2.75, 3.05) is 19.7 Å². The number of rotatable bonds is 2. The Morgan fingerprint density at radius 2 is 2.00 bits per heavy atom. The fourth-order valence-corrected chi connectivity index (χ4v) is 1.48. The first kappa shape index (κ1) is 13.0. The summed E-state index contributed by atoms with van der Waals surface area (Å²) in [6.45, 7) is 7.12. The third kappa shape index (κ3) is 4.18. The zero-order chi connectivity index (χ0) is 12.2. The number of carbonyl (C=O) groups excluding carboxylic acids is 1. The lowest BCUT2D eigenvalue weighted by atomic mass is 10.1. The molecule has 0 aromatic rings. The van der Waals surface area contributed by atoms with Crippen LogP contribution in [-0.4, -0.2) is 47.0 Å². The number of hydrogen-bond donors (Lipinski definition) is 1. The van der Waals surface area contributed by atoms with E-state index < -0.39 is 0 Å². The van der Waals surface area contributed by atoms with E-state index in [1.165, 1.54) is 0 Å². The predicted octanol–water partition coefficient (Wildman–Crippen LogP) is 1.25. The van der Waals surface area contributed by atoms with Crippen molar-refractivity contribution in [3.63, 3.8) is 0 Å². The summed E-state index contributed by atoms with van der Waals surface area (Å²) in [5, 5.41) is 11.8. The van der Waals surface area contributed by atoms with Gasteiger partial charge in [-0.3, -0.25) is 4.79 Å². The van der Waals surface area contributed by atoms with E-state index in [2.05, 4.69) is 5.16 Å². The third-order valence-electron chi connectivity index (χ3n) is 2.46. The minimum atomic E-state index is -0.289. The largest absolute Gasteiger partial charge is 0.411 e. The number of likely N-dealkylation sites (tertiary alicyclic amines) is 1. The van der Waals surface area contributed by atoms with E-state index >= 15 is 0 Å². The van der Waals surface area contributed by atoms with E-state index in [-0.39, 0.29) is 18.1 Å². The quantitative estimate of drug-likeness (QED) is 0.571. The van der Waals surface area contributed by atoms with Crippen LogP contribution >= 0.6 is 0 Å². The zero-order valence-corrected chi connectivity index (χ0v) is 10.2. The summed E-state index contributed by atoms with van der Waals surface area (Å²) < 4.78 is 5.43. The number of amides is 1. The molecule has 0 radical (unpaired) electrons. The fraction of sp³-hybridized carbons (Fsp3) is 0.818. The lowest BCUT2D eigenvalue weighted by Crippen LogP contribution is -2.41. The molecule has 0 bridgehead atoms. The molecule has 1 fully saturated rings. The Balaban J connectivity index is 2.34. The lowest BCUT2D eigenvalue weighted by Gasteiger charge is -2.28. The number of oxime groups is 1. The van der Waals surface area contributed by atoms with E-state index in [9.17, 15) is 4.79 Å². The van der Waals surface area contributed by atoms with E-state index in [1.54, 1.807) is 4.90 Å². The van der Waals surface area contributed by atoms with Gasteiger partial charge in [-0.1, -0.05) is 5.16 Å². The molecule has 1 N–H and O–H groups in total. The van der Waals surface area contributed by atoms with Crippen LogP contribution in [0.25, 0.3) is 0 Å². The molecule has 5 heteroatoms. The van der Waals surface area contributed by atoms with E-state index in [0.717, 1.165) is 5.71 Å². The van der Waals surface area contributed by atoms with Crippen LogP contribution < -0.4 is 0 Å². The van der Waals surface area contributed by atoms with Crippen LogP contribution in [0.1, 0.15) is 33.6 Å². The number of piperidine rings is 1. The molecule has 0 saturated carbocycles. The van der Waals surface area contributed by atoms with Crippen LogP contribution in [0.3, 0.4) is 0 Å². The Kier molecular flexibility index (Phi) is 4.29. The second-order valence-electron chi connectivity index (χ2n) is 4.95. The fourth-order valence-electron chi connectivity index (χ4n) is 1.48. The first-order chi connectivity index (χ1) is 7.42. The Morgan fingerprint density at radius 3 is 2.44 bits per heavy atom. The van der Waals surface area contributed by atoms with Gasteiger partial charge < -0.3 is 14.8 Å². The molecule has 1 saturated heterocycles. The maximum absolute atomic E-state index is 11.7. The number of carbonyl (C=O) groups is 1. The molecule has 0 aromatic carbocycles. The summed E-state index contributed by atoms with van der Waals surface area (Å²) in [7, 11) is 0. The first-order valence-corrected chi connectivity index (χ1v) is 5.54. The molecule has 1 aliphatic rings. The van der Waals surface area contributed by atoms with Gasteiger partial charge in [0.15, 0.2) is 0 Å². The van der Waals surface area contributed by atoms with Gasteiger partial charge in [0.2, 0.25) is 5.91 Å². The summed E-state index contributed by atoms with van der Waals surface area (Å²) in [5.41, 5.74) is 0.476. The minimum Gasteiger partial charge on any atom is -0.411 e. The Hall–Kier alpha value is -1.10. The van der Waals surface area contributed by atoms with Crippen molar-refractivity contribution in [2.45, 2.75) is 39.2 Å². The molecule has 1 rings (SSSR count). The molecule has 1 amide bonds. The van der Waals surface area contributed by atoms with E-state index in [0.29, 0.717) is 25.9 Å². The molecule has 0 spiro atoms. The predicted molar refractivity (Wildman–Crippen MR) is 60.7 cm³/mol. The van der Waals surface area contributed by atoms with Gasteiger partial charge in [0, 0.05) is 25.9 Å². The highest BCUT2D eigenvalue weighted by atomic mass is 16.5. The van der Waals surface area contributed by atoms with Crippen LogP contribution in [0.4, 0.5) is 0 Å². The van der Waals surface area contributed by atoms with Gasteiger partial charge in [0.25, 0.3) is 0 Å². The van der Waals surface area contributed by atoms with Gasteiger partial charge in [0.1, 0.15) is 6.61 Å². The van der Waals surface area contributed by atoms with E-state index in [4.69, 9.17) is 9.94 Å². The van der Waals surface area contributed by atoms with Crippen LogP contribution in [0.5, 0.6) is 0 Å². The minimum absolute atomic E-state index is 0.00640. The summed E-state index contributed by atoms with van der Waals surface area (Å²) in [4.78, 5) is 13.5. The smallest absolute Gasteiger partial charge is 0.248 e. The molecular weight excluding hydrogens is 208 g/mol. The molecule has 0 atom stereocenters. The Labute approximate surface area is 96.1 Å². The highest BCUT2D eigenvalue weighted by molar-refractivity contribution is 5.87. The van der Waals surface area contributed by atoms with Gasteiger partial charge in [-0.15, -0.1) is 0 Å². The molecule has 0 aliphatic carbocycles. The summed E-state index contributed by atoms with van der Waals surface area (Å²) in [6, 6.07) is 0. The second kappa shape index (κ2) is 5.30. The summed E-state index contributed by atoms with van der Waals surface area (Å²) >= 11 is 0.